The molecular weight excluding hydrogens is 326 g/mol. The minimum atomic E-state index is 0.484. The molecular formula is C20H37N5O. The molecule has 1 aromatic rings. The van der Waals surface area contributed by atoms with Gasteiger partial charge in [0.25, 0.3) is 0 Å². The summed E-state index contributed by atoms with van der Waals surface area (Å²) < 4.78 is 5.48. The molecule has 0 amide bonds. The quantitative estimate of drug-likeness (QED) is 0.546. The van der Waals surface area contributed by atoms with Crippen LogP contribution in [0, 0.1) is 0 Å². The van der Waals surface area contributed by atoms with Crippen LogP contribution in [0.15, 0.2) is 15.6 Å². The van der Waals surface area contributed by atoms with Crippen molar-refractivity contribution in [1.82, 2.24) is 20.7 Å². The Morgan fingerprint density at radius 1 is 1.35 bits per heavy atom. The van der Waals surface area contributed by atoms with Gasteiger partial charge in [0.05, 0.1) is 12.2 Å². The van der Waals surface area contributed by atoms with Crippen LogP contribution in [0.2, 0.25) is 0 Å². The lowest BCUT2D eigenvalue weighted by Gasteiger charge is -2.38. The second-order valence-corrected chi connectivity index (χ2v) is 7.47. The molecule has 0 radical (unpaired) electrons. The summed E-state index contributed by atoms with van der Waals surface area (Å²) >= 11 is 0. The van der Waals surface area contributed by atoms with Gasteiger partial charge in [0.1, 0.15) is 0 Å². The SMILES string of the molecule is CCC(CC)c1cc(CNC(=NC)NCC(C)N2CCCCC2C)on1. The zero-order valence-corrected chi connectivity index (χ0v) is 17.2. The van der Waals surface area contributed by atoms with Gasteiger partial charge in [-0.25, -0.2) is 0 Å². The highest BCUT2D eigenvalue weighted by atomic mass is 16.5. The fourth-order valence-corrected chi connectivity index (χ4v) is 3.84. The summed E-state index contributed by atoms with van der Waals surface area (Å²) in [5, 5.41) is 11.0. The third-order valence-corrected chi connectivity index (χ3v) is 5.62. The van der Waals surface area contributed by atoms with Crippen LogP contribution in [-0.2, 0) is 6.54 Å². The van der Waals surface area contributed by atoms with E-state index in [0.717, 1.165) is 36.8 Å². The molecule has 0 bridgehead atoms. The molecule has 2 heterocycles. The minimum absolute atomic E-state index is 0.484. The summed E-state index contributed by atoms with van der Waals surface area (Å²) in [5.74, 6) is 2.15. The van der Waals surface area contributed by atoms with Gasteiger partial charge in [-0.1, -0.05) is 25.4 Å². The molecule has 2 N–H and O–H groups in total. The summed E-state index contributed by atoms with van der Waals surface area (Å²) in [6.07, 6.45) is 6.16. The average Bonchev–Trinajstić information content (AvgIpc) is 3.12. The lowest BCUT2D eigenvalue weighted by molar-refractivity contribution is 0.115. The van der Waals surface area contributed by atoms with Crippen LogP contribution in [0.3, 0.4) is 0 Å². The smallest absolute Gasteiger partial charge is 0.191 e. The number of nitrogens with one attached hydrogen (secondary N) is 2. The zero-order chi connectivity index (χ0) is 18.9. The van der Waals surface area contributed by atoms with Crippen LogP contribution in [0.25, 0.3) is 0 Å². The zero-order valence-electron chi connectivity index (χ0n) is 17.2. The van der Waals surface area contributed by atoms with E-state index in [-0.39, 0.29) is 0 Å². The number of aliphatic imine (C=N–C) groups is 1. The molecule has 26 heavy (non-hydrogen) atoms. The molecule has 0 aromatic carbocycles. The highest BCUT2D eigenvalue weighted by molar-refractivity contribution is 5.79. The van der Waals surface area contributed by atoms with Crippen LogP contribution in [0.4, 0.5) is 0 Å². The standard InChI is InChI=1S/C20H37N5O/c1-6-17(7-2)19-12-18(26-24-19)14-23-20(21-5)22-13-16(4)25-11-9-8-10-15(25)3/h12,15-17H,6-11,13-14H2,1-5H3,(H2,21,22,23). The van der Waals surface area contributed by atoms with Gasteiger partial charge in [-0.15, -0.1) is 0 Å². The molecule has 2 atom stereocenters. The summed E-state index contributed by atoms with van der Waals surface area (Å²) in [7, 11) is 1.81. The Balaban J connectivity index is 1.79. The number of guanidine groups is 1. The Bertz CT molecular complexity index is 552. The number of aromatic nitrogens is 1. The van der Waals surface area contributed by atoms with Crippen molar-refractivity contribution in [2.45, 2.75) is 84.3 Å². The van der Waals surface area contributed by atoms with Crippen molar-refractivity contribution in [1.29, 1.82) is 0 Å². The number of rotatable bonds is 8. The number of likely N-dealkylation sites (tertiary alicyclic amines) is 1. The Morgan fingerprint density at radius 2 is 2.12 bits per heavy atom. The highest BCUT2D eigenvalue weighted by Gasteiger charge is 2.23. The van der Waals surface area contributed by atoms with E-state index in [2.05, 4.69) is 59.4 Å². The molecule has 0 aliphatic carbocycles. The molecule has 6 heteroatoms. The van der Waals surface area contributed by atoms with Gasteiger partial charge in [-0.2, -0.15) is 0 Å². The Kier molecular flexibility index (Phi) is 8.42. The van der Waals surface area contributed by atoms with E-state index in [1.165, 1.54) is 25.8 Å². The van der Waals surface area contributed by atoms with Crippen LogP contribution in [-0.4, -0.2) is 48.2 Å². The minimum Gasteiger partial charge on any atom is -0.359 e. The molecule has 0 spiro atoms. The van der Waals surface area contributed by atoms with Crippen molar-refractivity contribution >= 4 is 5.96 Å². The summed E-state index contributed by atoms with van der Waals surface area (Å²) in [6.45, 7) is 11.7. The van der Waals surface area contributed by atoms with Gasteiger partial charge in [-0.05, 0) is 46.1 Å². The van der Waals surface area contributed by atoms with Crippen molar-refractivity contribution < 1.29 is 4.52 Å². The Labute approximate surface area is 158 Å². The van der Waals surface area contributed by atoms with E-state index in [1.54, 1.807) is 7.05 Å². The van der Waals surface area contributed by atoms with E-state index in [0.29, 0.717) is 24.5 Å². The van der Waals surface area contributed by atoms with Crippen LogP contribution < -0.4 is 10.6 Å². The molecule has 1 aromatic heterocycles. The maximum Gasteiger partial charge on any atom is 0.191 e. The Morgan fingerprint density at radius 3 is 2.77 bits per heavy atom. The second kappa shape index (κ2) is 10.6. The number of hydrogen-bond donors (Lipinski definition) is 2. The first-order valence-electron chi connectivity index (χ1n) is 10.2. The first kappa shape index (κ1) is 20.7. The monoisotopic (exact) mass is 363 g/mol. The molecule has 6 nitrogen and oxygen atoms in total. The van der Waals surface area contributed by atoms with E-state index in [1.807, 2.05) is 0 Å². The molecule has 1 saturated heterocycles. The average molecular weight is 364 g/mol. The number of nitrogens with zero attached hydrogens (tertiary/aromatic N) is 3. The van der Waals surface area contributed by atoms with Crippen molar-refractivity contribution in [3.63, 3.8) is 0 Å². The normalized spacial score (nSPS) is 20.4. The predicted octanol–water partition coefficient (Wildman–Crippen LogP) is 3.51. The van der Waals surface area contributed by atoms with E-state index < -0.39 is 0 Å². The van der Waals surface area contributed by atoms with E-state index >= 15 is 0 Å². The third-order valence-electron chi connectivity index (χ3n) is 5.62. The summed E-state index contributed by atoms with van der Waals surface area (Å²) in [4.78, 5) is 6.93. The first-order valence-corrected chi connectivity index (χ1v) is 10.2. The van der Waals surface area contributed by atoms with Crippen molar-refractivity contribution in [3.05, 3.63) is 17.5 Å². The lowest BCUT2D eigenvalue weighted by atomic mass is 9.99. The number of hydrogen-bond acceptors (Lipinski definition) is 4. The van der Waals surface area contributed by atoms with Crippen LogP contribution in [0.1, 0.15) is 77.2 Å². The molecule has 1 aliphatic rings. The van der Waals surface area contributed by atoms with Crippen molar-refractivity contribution in [2.24, 2.45) is 4.99 Å². The fourth-order valence-electron chi connectivity index (χ4n) is 3.84. The third kappa shape index (κ3) is 5.73. The summed E-state index contributed by atoms with van der Waals surface area (Å²) in [5.41, 5.74) is 1.06. The van der Waals surface area contributed by atoms with E-state index in [4.69, 9.17) is 4.52 Å². The van der Waals surface area contributed by atoms with Gasteiger partial charge in [0, 0.05) is 37.7 Å². The fraction of sp³-hybridized carbons (Fsp3) is 0.800. The highest BCUT2D eigenvalue weighted by Crippen LogP contribution is 2.22. The van der Waals surface area contributed by atoms with Crippen LogP contribution >= 0.6 is 0 Å². The van der Waals surface area contributed by atoms with Gasteiger partial charge >= 0.3 is 0 Å². The molecule has 148 valence electrons. The molecule has 1 aliphatic heterocycles. The van der Waals surface area contributed by atoms with Gasteiger partial charge in [0.2, 0.25) is 0 Å². The lowest BCUT2D eigenvalue weighted by Crippen LogP contribution is -2.50. The van der Waals surface area contributed by atoms with E-state index in [9.17, 15) is 0 Å². The number of piperidine rings is 1. The maximum atomic E-state index is 5.48. The molecule has 1 fully saturated rings. The maximum absolute atomic E-state index is 5.48. The second-order valence-electron chi connectivity index (χ2n) is 7.47. The summed E-state index contributed by atoms with van der Waals surface area (Å²) in [6, 6.07) is 3.24. The molecule has 2 unspecified atom stereocenters. The predicted molar refractivity (Wildman–Crippen MR) is 108 cm³/mol. The first-order chi connectivity index (χ1) is 12.6. The van der Waals surface area contributed by atoms with Crippen molar-refractivity contribution in [2.75, 3.05) is 20.1 Å². The molecule has 2 rings (SSSR count). The van der Waals surface area contributed by atoms with Crippen molar-refractivity contribution in [3.8, 4) is 0 Å². The Hall–Kier alpha value is -1.56. The largest absolute Gasteiger partial charge is 0.359 e. The van der Waals surface area contributed by atoms with Gasteiger partial charge in [0.15, 0.2) is 11.7 Å². The molecule has 0 saturated carbocycles. The topological polar surface area (TPSA) is 65.7 Å². The van der Waals surface area contributed by atoms with Gasteiger partial charge in [-0.3, -0.25) is 9.89 Å². The van der Waals surface area contributed by atoms with Gasteiger partial charge < -0.3 is 15.2 Å². The van der Waals surface area contributed by atoms with Crippen LogP contribution in [0.5, 0.6) is 0 Å².